The summed E-state index contributed by atoms with van der Waals surface area (Å²) in [6.07, 6.45) is 0.175. The van der Waals surface area contributed by atoms with Gasteiger partial charge in [0.15, 0.2) is 5.78 Å². The Morgan fingerprint density at radius 3 is 2.21 bits per heavy atom. The van der Waals surface area contributed by atoms with E-state index in [1.54, 1.807) is 18.2 Å². The molecule has 2 aliphatic rings. The Morgan fingerprint density at radius 2 is 1.63 bits per heavy atom. The summed E-state index contributed by atoms with van der Waals surface area (Å²) in [6, 6.07) is 6.49. The van der Waals surface area contributed by atoms with E-state index in [9.17, 15) is 14.4 Å². The molecule has 0 amide bonds. The average Bonchev–Trinajstić information content (AvgIpc) is 2.99. The molecule has 1 saturated heterocycles. The van der Waals surface area contributed by atoms with Crippen LogP contribution in [0.5, 0.6) is 0 Å². The van der Waals surface area contributed by atoms with Gasteiger partial charge >= 0.3 is 0 Å². The normalized spacial score (nSPS) is 28.2. The lowest BCUT2D eigenvalue weighted by molar-refractivity contribution is -0.117. The summed E-state index contributed by atoms with van der Waals surface area (Å²) >= 11 is 0. The number of hydrogen-bond acceptors (Lipinski definition) is 4. The quantitative estimate of drug-likeness (QED) is 0.461. The third-order valence-electron chi connectivity index (χ3n) is 3.91. The van der Waals surface area contributed by atoms with Gasteiger partial charge in [0.1, 0.15) is 0 Å². The Kier molecular flexibility index (Phi) is 2.47. The van der Waals surface area contributed by atoms with Crippen molar-refractivity contribution in [2.45, 2.75) is 32.0 Å². The molecule has 3 rings (SSSR count). The molecule has 1 heterocycles. The van der Waals surface area contributed by atoms with Crippen LogP contribution in [0.1, 0.15) is 41.0 Å². The third kappa shape index (κ3) is 1.83. The largest absolute Gasteiger partial charge is 0.367 e. The fourth-order valence-electron chi connectivity index (χ4n) is 2.59. The maximum atomic E-state index is 12.3. The Bertz CT molecular complexity index is 600. The van der Waals surface area contributed by atoms with E-state index in [4.69, 9.17) is 4.74 Å². The zero-order valence-corrected chi connectivity index (χ0v) is 10.8. The van der Waals surface area contributed by atoms with Crippen molar-refractivity contribution in [3.05, 3.63) is 35.4 Å². The maximum Gasteiger partial charge on any atom is 0.230 e. The molecule has 0 aromatic heterocycles. The topological polar surface area (TPSA) is 63.7 Å². The summed E-state index contributed by atoms with van der Waals surface area (Å²) in [7, 11) is 0. The molecule has 2 unspecified atom stereocenters. The van der Waals surface area contributed by atoms with Gasteiger partial charge < -0.3 is 4.74 Å². The van der Waals surface area contributed by atoms with Gasteiger partial charge in [-0.15, -0.1) is 0 Å². The van der Waals surface area contributed by atoms with Crippen LogP contribution in [0.4, 0.5) is 0 Å². The van der Waals surface area contributed by atoms with Gasteiger partial charge in [0, 0.05) is 11.1 Å². The second-order valence-corrected chi connectivity index (χ2v) is 5.60. The standard InChI is InChI=1S/C15H14O4/c1-15(2)11(19-15)7-10-12(16)8-5-3-4-6-9(8)13(17)14(10)18/h3-6,10-11H,7H2,1-2H3. The number of epoxide rings is 1. The molecule has 0 saturated carbocycles. The van der Waals surface area contributed by atoms with Crippen LogP contribution in [0, 0.1) is 5.92 Å². The summed E-state index contributed by atoms with van der Waals surface area (Å²) < 4.78 is 5.41. The smallest absolute Gasteiger partial charge is 0.230 e. The Hall–Kier alpha value is -1.81. The first-order valence-corrected chi connectivity index (χ1v) is 6.31. The summed E-state index contributed by atoms with van der Waals surface area (Å²) in [4.78, 5) is 36.4. The molecule has 1 aliphatic heterocycles. The minimum absolute atomic E-state index is 0.122. The molecule has 0 radical (unpaired) electrons. The number of Topliss-reactive ketones (excluding diaryl/α,β-unsaturated/α-hetero) is 3. The first-order valence-electron chi connectivity index (χ1n) is 6.31. The van der Waals surface area contributed by atoms with Crippen LogP contribution in [0.3, 0.4) is 0 Å². The van der Waals surface area contributed by atoms with Gasteiger partial charge in [-0.1, -0.05) is 24.3 Å². The van der Waals surface area contributed by atoms with E-state index in [2.05, 4.69) is 0 Å². The first-order chi connectivity index (χ1) is 8.92. The van der Waals surface area contributed by atoms with Crippen molar-refractivity contribution >= 4 is 17.3 Å². The lowest BCUT2D eigenvalue weighted by Gasteiger charge is -2.20. The number of carbonyl (C=O) groups excluding carboxylic acids is 3. The highest BCUT2D eigenvalue weighted by atomic mass is 16.6. The minimum atomic E-state index is -0.880. The predicted octanol–water partition coefficient (Wildman–Crippen LogP) is 1.82. The number of hydrogen-bond donors (Lipinski definition) is 0. The van der Waals surface area contributed by atoms with E-state index in [1.807, 2.05) is 13.8 Å². The maximum absolute atomic E-state index is 12.3. The van der Waals surface area contributed by atoms with Gasteiger partial charge in [0.05, 0.1) is 17.6 Å². The van der Waals surface area contributed by atoms with Crippen molar-refractivity contribution in [1.29, 1.82) is 0 Å². The molecule has 0 bridgehead atoms. The van der Waals surface area contributed by atoms with Crippen LogP contribution in [-0.2, 0) is 9.53 Å². The van der Waals surface area contributed by atoms with Crippen molar-refractivity contribution in [1.82, 2.24) is 0 Å². The molecular formula is C15H14O4. The first kappa shape index (κ1) is 12.2. The highest BCUT2D eigenvalue weighted by Gasteiger charge is 2.52. The van der Waals surface area contributed by atoms with E-state index < -0.39 is 17.5 Å². The second kappa shape index (κ2) is 3.84. The predicted molar refractivity (Wildman–Crippen MR) is 67.2 cm³/mol. The SMILES string of the molecule is CC1(C)OC1CC1C(=O)C(=O)c2ccccc2C1=O. The van der Waals surface area contributed by atoms with Gasteiger partial charge in [0.2, 0.25) is 11.6 Å². The molecule has 1 aromatic rings. The fourth-order valence-corrected chi connectivity index (χ4v) is 2.59. The average molecular weight is 258 g/mol. The Balaban J connectivity index is 1.93. The zero-order valence-electron chi connectivity index (χ0n) is 10.8. The summed E-state index contributed by atoms with van der Waals surface area (Å²) in [5, 5.41) is 0. The fraction of sp³-hybridized carbons (Fsp3) is 0.400. The van der Waals surface area contributed by atoms with Gasteiger partial charge in [-0.25, -0.2) is 0 Å². The van der Waals surface area contributed by atoms with Gasteiger partial charge in [0.25, 0.3) is 0 Å². The number of carbonyl (C=O) groups is 3. The number of rotatable bonds is 2. The van der Waals surface area contributed by atoms with Crippen LogP contribution in [0.2, 0.25) is 0 Å². The molecular weight excluding hydrogens is 244 g/mol. The van der Waals surface area contributed by atoms with Crippen molar-refractivity contribution in [2.75, 3.05) is 0 Å². The molecule has 4 nitrogen and oxygen atoms in total. The summed E-state index contributed by atoms with van der Waals surface area (Å²) in [5.41, 5.74) is 0.292. The van der Waals surface area contributed by atoms with Crippen LogP contribution in [0.15, 0.2) is 24.3 Å². The Labute approximate surface area is 110 Å². The molecule has 1 aliphatic carbocycles. The van der Waals surface area contributed by atoms with E-state index >= 15 is 0 Å². The highest BCUT2D eigenvalue weighted by molar-refractivity contribution is 6.51. The third-order valence-corrected chi connectivity index (χ3v) is 3.91. The lowest BCUT2D eigenvalue weighted by atomic mass is 9.78. The van der Waals surface area contributed by atoms with Gasteiger partial charge in [-0.3, -0.25) is 14.4 Å². The van der Waals surface area contributed by atoms with Crippen LogP contribution >= 0.6 is 0 Å². The van der Waals surface area contributed by atoms with Crippen LogP contribution in [-0.4, -0.2) is 29.1 Å². The highest BCUT2D eigenvalue weighted by Crippen LogP contribution is 2.41. The van der Waals surface area contributed by atoms with Gasteiger partial charge in [-0.2, -0.15) is 0 Å². The minimum Gasteiger partial charge on any atom is -0.367 e. The van der Waals surface area contributed by atoms with Crippen molar-refractivity contribution < 1.29 is 19.1 Å². The zero-order chi connectivity index (χ0) is 13.8. The van der Waals surface area contributed by atoms with E-state index in [-0.39, 0.29) is 23.1 Å². The van der Waals surface area contributed by atoms with Crippen molar-refractivity contribution in [3.8, 4) is 0 Å². The van der Waals surface area contributed by atoms with Gasteiger partial charge in [-0.05, 0) is 20.3 Å². The summed E-state index contributed by atoms with van der Waals surface area (Å²) in [5.74, 6) is -2.30. The lowest BCUT2D eigenvalue weighted by Crippen LogP contribution is -2.38. The number of fused-ring (bicyclic) bond motifs is 1. The van der Waals surface area contributed by atoms with E-state index in [0.29, 0.717) is 12.0 Å². The molecule has 1 aromatic carbocycles. The number of ether oxygens (including phenoxy) is 1. The molecule has 4 heteroatoms. The van der Waals surface area contributed by atoms with Crippen molar-refractivity contribution in [2.24, 2.45) is 5.92 Å². The second-order valence-electron chi connectivity index (χ2n) is 5.60. The monoisotopic (exact) mass is 258 g/mol. The number of ketones is 3. The summed E-state index contributed by atoms with van der Waals surface area (Å²) in [6.45, 7) is 3.82. The molecule has 2 atom stereocenters. The Morgan fingerprint density at radius 1 is 1.05 bits per heavy atom. The van der Waals surface area contributed by atoms with Crippen LogP contribution < -0.4 is 0 Å². The van der Waals surface area contributed by atoms with Crippen molar-refractivity contribution in [3.63, 3.8) is 0 Å². The van der Waals surface area contributed by atoms with Crippen LogP contribution in [0.25, 0.3) is 0 Å². The molecule has 0 spiro atoms. The molecule has 98 valence electrons. The number of benzene rings is 1. The molecule has 19 heavy (non-hydrogen) atoms. The molecule has 0 N–H and O–H groups in total. The van der Waals surface area contributed by atoms with E-state index in [1.165, 1.54) is 6.07 Å². The van der Waals surface area contributed by atoms with E-state index in [0.717, 1.165) is 0 Å². The molecule has 1 fully saturated rings.